The van der Waals surface area contributed by atoms with Crippen LogP contribution in [-0.2, 0) is 21.2 Å². The fourth-order valence-corrected chi connectivity index (χ4v) is 5.44. The smallest absolute Gasteiger partial charge is 0.264 e. The molecule has 0 aromatic heterocycles. The number of hydrogen-bond donors (Lipinski definition) is 1. The molecule has 1 saturated heterocycles. The molecule has 2 aromatic rings. The second-order valence-corrected chi connectivity index (χ2v) is 10.5. The van der Waals surface area contributed by atoms with E-state index in [9.17, 15) is 13.2 Å². The number of rotatable bonds is 10. The minimum Gasteiger partial charge on any atom is -0.354 e. The van der Waals surface area contributed by atoms with E-state index in [4.69, 9.17) is 0 Å². The van der Waals surface area contributed by atoms with E-state index in [2.05, 4.69) is 22.2 Å². The van der Waals surface area contributed by atoms with Gasteiger partial charge in [-0.1, -0.05) is 42.8 Å². The van der Waals surface area contributed by atoms with Crippen LogP contribution in [0.5, 0.6) is 0 Å². The van der Waals surface area contributed by atoms with Crippen molar-refractivity contribution in [1.29, 1.82) is 0 Å². The lowest BCUT2D eigenvalue weighted by atomic mass is 10.1. The van der Waals surface area contributed by atoms with Crippen LogP contribution in [0.4, 0.5) is 5.69 Å². The molecule has 1 heterocycles. The first kappa shape index (κ1) is 25.2. The first-order chi connectivity index (χ1) is 15.8. The van der Waals surface area contributed by atoms with Gasteiger partial charge in [0.1, 0.15) is 6.54 Å². The minimum absolute atomic E-state index is 0.182. The van der Waals surface area contributed by atoms with Crippen molar-refractivity contribution in [2.75, 3.05) is 57.2 Å². The minimum atomic E-state index is -3.89. The molecule has 1 amide bonds. The van der Waals surface area contributed by atoms with Crippen molar-refractivity contribution < 1.29 is 13.2 Å². The van der Waals surface area contributed by atoms with Crippen LogP contribution in [-0.4, -0.2) is 77.0 Å². The number of nitrogens with one attached hydrogen (secondary N) is 1. The number of para-hydroxylation sites is 1. The summed E-state index contributed by atoms with van der Waals surface area (Å²) in [7, 11) is -1.76. The number of nitrogens with zero attached hydrogens (tertiary/aromatic N) is 3. The number of anilines is 1. The number of aryl methyl sites for hydroxylation is 2. The van der Waals surface area contributed by atoms with Gasteiger partial charge in [0, 0.05) is 32.7 Å². The zero-order valence-corrected chi connectivity index (χ0v) is 20.8. The van der Waals surface area contributed by atoms with Crippen LogP contribution in [0.15, 0.2) is 53.4 Å². The third kappa shape index (κ3) is 6.79. The summed E-state index contributed by atoms with van der Waals surface area (Å²) in [4.78, 5) is 17.7. The third-order valence-electron chi connectivity index (χ3n) is 6.11. The van der Waals surface area contributed by atoms with Gasteiger partial charge in [0.05, 0.1) is 10.6 Å². The van der Waals surface area contributed by atoms with Gasteiger partial charge in [0.2, 0.25) is 5.91 Å². The van der Waals surface area contributed by atoms with Crippen LogP contribution < -0.4 is 9.62 Å². The number of sulfonamides is 1. The molecule has 0 spiro atoms. The Morgan fingerprint density at radius 3 is 2.36 bits per heavy atom. The van der Waals surface area contributed by atoms with E-state index < -0.39 is 10.0 Å². The maximum Gasteiger partial charge on any atom is 0.264 e. The largest absolute Gasteiger partial charge is 0.354 e. The summed E-state index contributed by atoms with van der Waals surface area (Å²) in [6.45, 7) is 9.31. The molecule has 8 heteroatoms. The Hall–Kier alpha value is -2.42. The molecule has 0 saturated carbocycles. The molecular formula is C25H36N4O3S. The average molecular weight is 473 g/mol. The predicted molar refractivity (Wildman–Crippen MR) is 133 cm³/mol. The van der Waals surface area contributed by atoms with E-state index in [1.165, 1.54) is 4.31 Å². The van der Waals surface area contributed by atoms with Gasteiger partial charge in [-0.15, -0.1) is 0 Å². The van der Waals surface area contributed by atoms with Crippen LogP contribution in [0.3, 0.4) is 0 Å². The quantitative estimate of drug-likeness (QED) is 0.538. The lowest BCUT2D eigenvalue weighted by molar-refractivity contribution is -0.119. The Morgan fingerprint density at radius 2 is 1.70 bits per heavy atom. The van der Waals surface area contributed by atoms with Crippen molar-refractivity contribution in [3.05, 3.63) is 59.7 Å². The number of carbonyl (C=O) groups excluding carboxylic acids is 1. The predicted octanol–water partition coefficient (Wildman–Crippen LogP) is 2.51. The Labute approximate surface area is 198 Å². The SMILES string of the molecule is CCc1ccccc1N(CC(=O)NCCCN1CCN(C)CC1)S(=O)(=O)c1ccc(C)cc1. The second-order valence-electron chi connectivity index (χ2n) is 8.66. The molecule has 0 unspecified atom stereocenters. The molecule has 0 bridgehead atoms. The van der Waals surface area contributed by atoms with E-state index in [1.807, 2.05) is 26.0 Å². The molecule has 0 atom stereocenters. The van der Waals surface area contributed by atoms with Gasteiger partial charge in [-0.3, -0.25) is 9.10 Å². The van der Waals surface area contributed by atoms with Crippen molar-refractivity contribution in [1.82, 2.24) is 15.1 Å². The lowest BCUT2D eigenvalue weighted by Gasteiger charge is -2.32. The first-order valence-corrected chi connectivity index (χ1v) is 13.1. The van der Waals surface area contributed by atoms with Crippen molar-refractivity contribution in [3.8, 4) is 0 Å². The van der Waals surface area contributed by atoms with E-state index in [-0.39, 0.29) is 17.3 Å². The molecule has 0 aliphatic carbocycles. The summed E-state index contributed by atoms with van der Waals surface area (Å²) < 4.78 is 28.3. The molecule has 33 heavy (non-hydrogen) atoms. The van der Waals surface area contributed by atoms with Crippen LogP contribution >= 0.6 is 0 Å². The number of amides is 1. The summed E-state index contributed by atoms with van der Waals surface area (Å²) in [6.07, 6.45) is 1.51. The van der Waals surface area contributed by atoms with Crippen LogP contribution in [0.25, 0.3) is 0 Å². The Balaban J connectivity index is 1.69. The molecule has 1 N–H and O–H groups in total. The van der Waals surface area contributed by atoms with Crippen molar-refractivity contribution in [2.24, 2.45) is 0 Å². The fraction of sp³-hybridized carbons (Fsp3) is 0.480. The molecule has 1 aliphatic heterocycles. The number of hydrogen-bond acceptors (Lipinski definition) is 5. The number of carbonyl (C=O) groups is 1. The highest BCUT2D eigenvalue weighted by Gasteiger charge is 2.28. The number of benzene rings is 2. The van der Waals surface area contributed by atoms with Gasteiger partial charge < -0.3 is 15.1 Å². The summed E-state index contributed by atoms with van der Waals surface area (Å²) in [6, 6.07) is 14.1. The molecular weight excluding hydrogens is 436 g/mol. The standard InChI is InChI=1S/C25H36N4O3S/c1-4-22-8-5-6-9-24(22)29(33(31,32)23-12-10-21(2)11-13-23)20-25(30)26-14-7-15-28-18-16-27(3)17-19-28/h5-6,8-13H,4,7,14-20H2,1-3H3,(H,26,30). The van der Waals surface area contributed by atoms with Gasteiger partial charge in [0.15, 0.2) is 0 Å². The molecule has 2 aromatic carbocycles. The molecule has 180 valence electrons. The van der Waals surface area contributed by atoms with E-state index in [0.717, 1.165) is 50.3 Å². The molecule has 3 rings (SSSR count). The summed E-state index contributed by atoms with van der Waals surface area (Å²) in [5, 5.41) is 2.92. The molecule has 1 fully saturated rings. The van der Waals surface area contributed by atoms with Crippen molar-refractivity contribution in [2.45, 2.75) is 31.6 Å². The zero-order chi connectivity index (χ0) is 23.8. The maximum atomic E-state index is 13.5. The van der Waals surface area contributed by atoms with E-state index in [0.29, 0.717) is 18.7 Å². The van der Waals surface area contributed by atoms with Gasteiger partial charge >= 0.3 is 0 Å². The normalized spacial score (nSPS) is 15.4. The zero-order valence-electron chi connectivity index (χ0n) is 20.0. The van der Waals surface area contributed by atoms with Crippen LogP contribution in [0.2, 0.25) is 0 Å². The van der Waals surface area contributed by atoms with Crippen LogP contribution in [0.1, 0.15) is 24.5 Å². The Kier molecular flexibility index (Phi) is 8.88. The number of likely N-dealkylation sites (N-methyl/N-ethyl adjacent to an activating group) is 1. The monoisotopic (exact) mass is 472 g/mol. The Morgan fingerprint density at radius 1 is 1.03 bits per heavy atom. The highest BCUT2D eigenvalue weighted by atomic mass is 32.2. The first-order valence-electron chi connectivity index (χ1n) is 11.7. The lowest BCUT2D eigenvalue weighted by Crippen LogP contribution is -2.45. The highest BCUT2D eigenvalue weighted by Crippen LogP contribution is 2.27. The van der Waals surface area contributed by atoms with Crippen molar-refractivity contribution >= 4 is 21.6 Å². The van der Waals surface area contributed by atoms with Crippen LogP contribution in [0, 0.1) is 6.92 Å². The van der Waals surface area contributed by atoms with Crippen molar-refractivity contribution in [3.63, 3.8) is 0 Å². The van der Waals surface area contributed by atoms with E-state index in [1.54, 1.807) is 36.4 Å². The summed E-state index contributed by atoms with van der Waals surface area (Å²) in [5.74, 6) is -0.296. The van der Waals surface area contributed by atoms with Gasteiger partial charge in [-0.25, -0.2) is 8.42 Å². The van der Waals surface area contributed by atoms with Gasteiger partial charge in [0.25, 0.3) is 10.0 Å². The number of piperazine rings is 1. The highest BCUT2D eigenvalue weighted by molar-refractivity contribution is 7.92. The third-order valence-corrected chi connectivity index (χ3v) is 7.88. The Bertz CT molecular complexity index is 1020. The topological polar surface area (TPSA) is 73.0 Å². The fourth-order valence-electron chi connectivity index (χ4n) is 3.98. The molecule has 7 nitrogen and oxygen atoms in total. The summed E-state index contributed by atoms with van der Waals surface area (Å²) in [5.41, 5.74) is 2.41. The molecule has 0 radical (unpaired) electrons. The van der Waals surface area contributed by atoms with Gasteiger partial charge in [-0.05, 0) is 57.1 Å². The van der Waals surface area contributed by atoms with Gasteiger partial charge in [-0.2, -0.15) is 0 Å². The van der Waals surface area contributed by atoms with E-state index >= 15 is 0 Å². The average Bonchev–Trinajstić information content (AvgIpc) is 2.81. The maximum absolute atomic E-state index is 13.5. The second kappa shape index (κ2) is 11.6. The molecule has 1 aliphatic rings. The summed E-state index contributed by atoms with van der Waals surface area (Å²) >= 11 is 0.